The molecule has 0 aromatic rings. The molecule has 1 unspecified atom stereocenters. The molecule has 4 heteroatoms. The van der Waals surface area contributed by atoms with Crippen LogP contribution in [0.1, 0.15) is 57.8 Å². The second kappa shape index (κ2) is 7.10. The summed E-state index contributed by atoms with van der Waals surface area (Å²) in [5.41, 5.74) is 0.536. The van der Waals surface area contributed by atoms with Crippen LogP contribution in [-0.4, -0.2) is 49.7 Å². The first-order valence-corrected chi connectivity index (χ1v) is 8.88. The summed E-state index contributed by atoms with van der Waals surface area (Å²) in [5.74, 6) is 0.355. The van der Waals surface area contributed by atoms with Gasteiger partial charge in [0.15, 0.2) is 0 Å². The summed E-state index contributed by atoms with van der Waals surface area (Å²) in [6, 6.07) is 0. The average molecular weight is 294 g/mol. The Balaban J connectivity index is 1.40. The summed E-state index contributed by atoms with van der Waals surface area (Å²) < 4.78 is 5.73. The molecule has 3 saturated heterocycles. The van der Waals surface area contributed by atoms with Gasteiger partial charge in [0.2, 0.25) is 5.91 Å². The first-order valence-electron chi connectivity index (χ1n) is 8.88. The van der Waals surface area contributed by atoms with Gasteiger partial charge < -0.3 is 15.0 Å². The SMILES string of the molecule is O=C(CCC1CCCCO1)N1CCC2(CCNCC2)CC1. The summed E-state index contributed by atoms with van der Waals surface area (Å²) in [6.45, 7) is 5.16. The Bertz CT molecular complexity index is 337. The number of amides is 1. The van der Waals surface area contributed by atoms with Crippen LogP contribution in [0, 0.1) is 5.41 Å². The molecule has 0 aromatic heterocycles. The number of piperidine rings is 2. The molecule has 3 fully saturated rings. The molecule has 21 heavy (non-hydrogen) atoms. The normalized spacial score (nSPS) is 29.5. The van der Waals surface area contributed by atoms with Gasteiger partial charge in [-0.15, -0.1) is 0 Å². The molecule has 1 N–H and O–H groups in total. The maximum absolute atomic E-state index is 12.4. The van der Waals surface area contributed by atoms with E-state index >= 15 is 0 Å². The van der Waals surface area contributed by atoms with Gasteiger partial charge in [0.25, 0.3) is 0 Å². The van der Waals surface area contributed by atoms with Crippen LogP contribution in [0.3, 0.4) is 0 Å². The zero-order valence-corrected chi connectivity index (χ0v) is 13.2. The number of hydrogen-bond acceptors (Lipinski definition) is 3. The fraction of sp³-hybridized carbons (Fsp3) is 0.941. The topological polar surface area (TPSA) is 41.6 Å². The lowest BCUT2D eigenvalue weighted by molar-refractivity contribution is -0.134. The van der Waals surface area contributed by atoms with E-state index in [4.69, 9.17) is 4.74 Å². The fourth-order valence-electron chi connectivity index (χ4n) is 4.17. The van der Waals surface area contributed by atoms with Crippen molar-refractivity contribution in [3.8, 4) is 0 Å². The highest BCUT2D eigenvalue weighted by molar-refractivity contribution is 5.76. The number of hydrogen-bond donors (Lipinski definition) is 1. The van der Waals surface area contributed by atoms with E-state index < -0.39 is 0 Å². The third kappa shape index (κ3) is 3.98. The van der Waals surface area contributed by atoms with E-state index in [1.165, 1.54) is 38.5 Å². The highest BCUT2D eigenvalue weighted by Gasteiger charge is 2.36. The van der Waals surface area contributed by atoms with Crippen LogP contribution in [0.5, 0.6) is 0 Å². The minimum atomic E-state index is 0.336. The van der Waals surface area contributed by atoms with Crippen molar-refractivity contribution >= 4 is 5.91 Å². The molecule has 0 aliphatic carbocycles. The van der Waals surface area contributed by atoms with Gasteiger partial charge in [-0.2, -0.15) is 0 Å². The summed E-state index contributed by atoms with van der Waals surface area (Å²) in [4.78, 5) is 14.5. The standard InChI is InChI=1S/C17H30N2O2/c20-16(5-4-15-3-1-2-14-21-15)19-12-8-17(9-13-19)6-10-18-11-7-17/h15,18H,1-14H2. The van der Waals surface area contributed by atoms with Crippen LogP contribution in [0.25, 0.3) is 0 Å². The van der Waals surface area contributed by atoms with E-state index in [9.17, 15) is 4.79 Å². The first-order chi connectivity index (χ1) is 10.3. The Morgan fingerprint density at radius 3 is 2.57 bits per heavy atom. The van der Waals surface area contributed by atoms with Crippen molar-refractivity contribution in [3.63, 3.8) is 0 Å². The Morgan fingerprint density at radius 1 is 1.14 bits per heavy atom. The smallest absolute Gasteiger partial charge is 0.222 e. The minimum absolute atomic E-state index is 0.336. The van der Waals surface area contributed by atoms with E-state index in [0.29, 0.717) is 23.8 Å². The van der Waals surface area contributed by atoms with E-state index in [0.717, 1.165) is 45.6 Å². The first kappa shape index (κ1) is 15.3. The van der Waals surface area contributed by atoms with E-state index in [1.807, 2.05) is 0 Å². The van der Waals surface area contributed by atoms with Gasteiger partial charge in [-0.1, -0.05) is 0 Å². The zero-order valence-electron chi connectivity index (χ0n) is 13.2. The maximum atomic E-state index is 12.4. The molecule has 1 spiro atoms. The summed E-state index contributed by atoms with van der Waals surface area (Å²) >= 11 is 0. The molecule has 1 atom stereocenters. The number of carbonyl (C=O) groups is 1. The molecule has 0 radical (unpaired) electrons. The van der Waals surface area contributed by atoms with Crippen molar-refractivity contribution in [1.29, 1.82) is 0 Å². The summed E-state index contributed by atoms with van der Waals surface area (Å²) in [5, 5.41) is 3.45. The highest BCUT2D eigenvalue weighted by atomic mass is 16.5. The largest absolute Gasteiger partial charge is 0.378 e. The monoisotopic (exact) mass is 294 g/mol. The summed E-state index contributed by atoms with van der Waals surface area (Å²) in [6.07, 6.45) is 10.5. The van der Waals surface area contributed by atoms with Crippen molar-refractivity contribution in [2.24, 2.45) is 5.41 Å². The van der Waals surface area contributed by atoms with Crippen LogP contribution in [-0.2, 0) is 9.53 Å². The van der Waals surface area contributed by atoms with Gasteiger partial charge >= 0.3 is 0 Å². The third-order valence-electron chi connectivity index (χ3n) is 5.80. The number of nitrogens with zero attached hydrogens (tertiary/aromatic N) is 1. The average Bonchev–Trinajstić information content (AvgIpc) is 2.55. The van der Waals surface area contributed by atoms with Gasteiger partial charge in [0.05, 0.1) is 6.10 Å². The molecule has 120 valence electrons. The number of carbonyl (C=O) groups excluding carboxylic acids is 1. The van der Waals surface area contributed by atoms with Crippen LogP contribution >= 0.6 is 0 Å². The highest BCUT2D eigenvalue weighted by Crippen LogP contribution is 2.39. The van der Waals surface area contributed by atoms with Gasteiger partial charge in [0, 0.05) is 26.1 Å². The van der Waals surface area contributed by atoms with Crippen LogP contribution in [0.4, 0.5) is 0 Å². The fourth-order valence-corrected chi connectivity index (χ4v) is 4.17. The number of rotatable bonds is 3. The van der Waals surface area contributed by atoms with E-state index in [2.05, 4.69) is 10.2 Å². The van der Waals surface area contributed by atoms with Crippen molar-refractivity contribution in [2.45, 2.75) is 63.9 Å². The molecule has 4 nitrogen and oxygen atoms in total. The summed E-state index contributed by atoms with van der Waals surface area (Å²) in [7, 11) is 0. The molecule has 3 rings (SSSR count). The predicted molar refractivity (Wildman–Crippen MR) is 83.2 cm³/mol. The third-order valence-corrected chi connectivity index (χ3v) is 5.80. The lowest BCUT2D eigenvalue weighted by Crippen LogP contribution is -2.47. The van der Waals surface area contributed by atoms with Crippen LogP contribution in [0.15, 0.2) is 0 Å². The van der Waals surface area contributed by atoms with Crippen molar-refractivity contribution in [1.82, 2.24) is 10.2 Å². The van der Waals surface area contributed by atoms with Gasteiger partial charge in [-0.25, -0.2) is 0 Å². The molecular formula is C17H30N2O2. The second-order valence-corrected chi connectivity index (χ2v) is 7.16. The molecule has 0 bridgehead atoms. The lowest BCUT2D eigenvalue weighted by Gasteiger charge is -2.44. The van der Waals surface area contributed by atoms with Crippen molar-refractivity contribution < 1.29 is 9.53 Å². The minimum Gasteiger partial charge on any atom is -0.378 e. The number of likely N-dealkylation sites (tertiary alicyclic amines) is 1. The van der Waals surface area contributed by atoms with Crippen molar-refractivity contribution in [3.05, 3.63) is 0 Å². The zero-order chi connectivity index (χ0) is 14.5. The lowest BCUT2D eigenvalue weighted by atomic mass is 9.71. The van der Waals surface area contributed by atoms with Gasteiger partial charge in [-0.3, -0.25) is 4.79 Å². The molecular weight excluding hydrogens is 264 g/mol. The molecule has 3 aliphatic rings. The molecule has 0 aromatic carbocycles. The molecule has 1 amide bonds. The van der Waals surface area contributed by atoms with Crippen LogP contribution in [0.2, 0.25) is 0 Å². The number of nitrogens with one attached hydrogen (secondary N) is 1. The molecule has 0 saturated carbocycles. The van der Waals surface area contributed by atoms with E-state index in [1.54, 1.807) is 0 Å². The quantitative estimate of drug-likeness (QED) is 0.868. The van der Waals surface area contributed by atoms with Crippen LogP contribution < -0.4 is 5.32 Å². The van der Waals surface area contributed by atoms with Gasteiger partial charge in [-0.05, 0) is 69.9 Å². The Hall–Kier alpha value is -0.610. The molecule has 3 heterocycles. The molecule has 3 aliphatic heterocycles. The second-order valence-electron chi connectivity index (χ2n) is 7.16. The van der Waals surface area contributed by atoms with Gasteiger partial charge in [0.1, 0.15) is 0 Å². The Kier molecular flexibility index (Phi) is 5.17. The van der Waals surface area contributed by atoms with Crippen molar-refractivity contribution in [2.75, 3.05) is 32.8 Å². The Labute approximate surface area is 128 Å². The maximum Gasteiger partial charge on any atom is 0.222 e. The van der Waals surface area contributed by atoms with E-state index in [-0.39, 0.29) is 0 Å². The predicted octanol–water partition coefficient (Wildman–Crippen LogP) is 2.33. The number of ether oxygens (including phenoxy) is 1. The Morgan fingerprint density at radius 2 is 1.90 bits per heavy atom.